The summed E-state index contributed by atoms with van der Waals surface area (Å²) >= 11 is 0. The molecule has 1 amide bonds. The Morgan fingerprint density at radius 1 is 1.03 bits per heavy atom. The van der Waals surface area contributed by atoms with Gasteiger partial charge in [0, 0.05) is 18.2 Å². The first-order chi connectivity index (χ1) is 14.1. The van der Waals surface area contributed by atoms with Gasteiger partial charge in [-0.2, -0.15) is 5.26 Å². The summed E-state index contributed by atoms with van der Waals surface area (Å²) in [5.74, 6) is -0.601. The first kappa shape index (κ1) is 19.6. The molecule has 1 aromatic heterocycles. The van der Waals surface area contributed by atoms with Gasteiger partial charge in [-0.05, 0) is 36.2 Å². The summed E-state index contributed by atoms with van der Waals surface area (Å²) in [7, 11) is 0. The Morgan fingerprint density at radius 3 is 2.41 bits per heavy atom. The van der Waals surface area contributed by atoms with Gasteiger partial charge in [-0.3, -0.25) is 4.79 Å². The quantitative estimate of drug-likeness (QED) is 0.473. The van der Waals surface area contributed by atoms with Crippen molar-refractivity contribution in [3.8, 4) is 17.4 Å². The predicted molar refractivity (Wildman–Crippen MR) is 108 cm³/mol. The smallest absolute Gasteiger partial charge is 0.335 e. The van der Waals surface area contributed by atoms with E-state index in [1.165, 1.54) is 18.2 Å². The van der Waals surface area contributed by atoms with Crippen molar-refractivity contribution in [2.45, 2.75) is 6.42 Å². The van der Waals surface area contributed by atoms with E-state index in [1.54, 1.807) is 24.3 Å². The van der Waals surface area contributed by atoms with Crippen LogP contribution in [-0.2, 0) is 11.2 Å². The summed E-state index contributed by atoms with van der Waals surface area (Å²) < 4.78 is 5.67. The number of furan rings is 1. The molecule has 6 nitrogen and oxygen atoms in total. The number of amides is 1. The molecule has 0 bridgehead atoms. The lowest BCUT2D eigenvalue weighted by Gasteiger charge is -2.04. The van der Waals surface area contributed by atoms with Crippen molar-refractivity contribution in [3.63, 3.8) is 0 Å². The number of carboxylic acid groups (broad SMARTS) is 1. The van der Waals surface area contributed by atoms with Gasteiger partial charge in [0.05, 0.1) is 5.56 Å². The second kappa shape index (κ2) is 9.20. The third-order valence-corrected chi connectivity index (χ3v) is 4.24. The Hall–Kier alpha value is -4.11. The lowest BCUT2D eigenvalue weighted by molar-refractivity contribution is -0.117. The average Bonchev–Trinajstić information content (AvgIpc) is 3.21. The summed E-state index contributed by atoms with van der Waals surface area (Å²) in [5.41, 5.74) is 1.92. The molecule has 0 fully saturated rings. The number of hydrogen-bond donors (Lipinski definition) is 2. The molecule has 29 heavy (non-hydrogen) atoms. The minimum atomic E-state index is -1.00. The summed E-state index contributed by atoms with van der Waals surface area (Å²) in [4.78, 5) is 23.2. The number of nitrogens with zero attached hydrogens (tertiary/aromatic N) is 1. The zero-order valence-corrected chi connectivity index (χ0v) is 15.5. The third kappa shape index (κ3) is 5.21. The fourth-order valence-corrected chi connectivity index (χ4v) is 2.71. The molecule has 3 rings (SSSR count). The van der Waals surface area contributed by atoms with Crippen molar-refractivity contribution < 1.29 is 19.1 Å². The van der Waals surface area contributed by atoms with Gasteiger partial charge in [-0.15, -0.1) is 0 Å². The molecule has 0 aliphatic heterocycles. The monoisotopic (exact) mass is 386 g/mol. The van der Waals surface area contributed by atoms with E-state index in [0.717, 1.165) is 5.56 Å². The van der Waals surface area contributed by atoms with E-state index < -0.39 is 11.9 Å². The Bertz CT molecular complexity index is 1070. The molecule has 3 aromatic rings. The third-order valence-electron chi connectivity index (χ3n) is 4.24. The van der Waals surface area contributed by atoms with E-state index in [9.17, 15) is 14.9 Å². The van der Waals surface area contributed by atoms with Crippen LogP contribution in [0.3, 0.4) is 0 Å². The van der Waals surface area contributed by atoms with Gasteiger partial charge < -0.3 is 14.8 Å². The Kier molecular flexibility index (Phi) is 6.23. The van der Waals surface area contributed by atoms with Crippen molar-refractivity contribution in [1.82, 2.24) is 5.32 Å². The first-order valence-electron chi connectivity index (χ1n) is 8.94. The number of carbonyl (C=O) groups excluding carboxylic acids is 1. The fourth-order valence-electron chi connectivity index (χ4n) is 2.71. The highest BCUT2D eigenvalue weighted by atomic mass is 16.4. The summed E-state index contributed by atoms with van der Waals surface area (Å²) in [6.45, 7) is 0.418. The molecule has 144 valence electrons. The number of nitriles is 1. The van der Waals surface area contributed by atoms with Gasteiger partial charge in [-0.1, -0.05) is 42.5 Å². The molecule has 0 saturated carbocycles. The number of aromatic carboxylic acids is 1. The number of rotatable bonds is 7. The number of hydrogen-bond acceptors (Lipinski definition) is 4. The van der Waals surface area contributed by atoms with Crippen molar-refractivity contribution in [1.29, 1.82) is 5.26 Å². The zero-order valence-electron chi connectivity index (χ0n) is 15.5. The van der Waals surface area contributed by atoms with Crippen LogP contribution in [0.5, 0.6) is 0 Å². The van der Waals surface area contributed by atoms with Gasteiger partial charge in [-0.25, -0.2) is 4.79 Å². The van der Waals surface area contributed by atoms with Crippen LogP contribution in [-0.4, -0.2) is 23.5 Å². The second-order valence-electron chi connectivity index (χ2n) is 6.25. The molecule has 6 heteroatoms. The highest BCUT2D eigenvalue weighted by Gasteiger charge is 2.11. The number of carbonyl (C=O) groups is 2. The Morgan fingerprint density at radius 2 is 1.76 bits per heavy atom. The normalized spacial score (nSPS) is 10.9. The molecule has 0 unspecified atom stereocenters. The van der Waals surface area contributed by atoms with Crippen molar-refractivity contribution >= 4 is 18.0 Å². The van der Waals surface area contributed by atoms with Crippen molar-refractivity contribution in [3.05, 3.63) is 89.2 Å². The van der Waals surface area contributed by atoms with Crippen LogP contribution >= 0.6 is 0 Å². The van der Waals surface area contributed by atoms with Crippen LogP contribution in [0.1, 0.15) is 21.7 Å². The van der Waals surface area contributed by atoms with Crippen LogP contribution in [0.25, 0.3) is 17.4 Å². The molecule has 0 radical (unpaired) electrons. The largest absolute Gasteiger partial charge is 0.478 e. The maximum absolute atomic E-state index is 12.2. The Labute approximate surface area is 167 Å². The van der Waals surface area contributed by atoms with Crippen molar-refractivity contribution in [2.24, 2.45) is 0 Å². The van der Waals surface area contributed by atoms with Gasteiger partial charge in [0.15, 0.2) is 0 Å². The summed E-state index contributed by atoms with van der Waals surface area (Å²) in [6.07, 6.45) is 2.05. The Balaban J connectivity index is 1.65. The minimum absolute atomic E-state index is 0.0554. The summed E-state index contributed by atoms with van der Waals surface area (Å²) in [6, 6.07) is 21.2. The highest BCUT2D eigenvalue weighted by Crippen LogP contribution is 2.24. The first-order valence-corrected chi connectivity index (χ1v) is 8.94. The van der Waals surface area contributed by atoms with E-state index in [-0.39, 0.29) is 11.1 Å². The number of nitrogens with one attached hydrogen (secondary N) is 1. The van der Waals surface area contributed by atoms with Crippen LogP contribution in [0, 0.1) is 11.3 Å². The molecule has 0 aliphatic rings. The number of carboxylic acids is 1. The van der Waals surface area contributed by atoms with Gasteiger partial charge >= 0.3 is 5.97 Å². The molecule has 2 aromatic carbocycles. The molecule has 0 atom stereocenters. The maximum Gasteiger partial charge on any atom is 0.335 e. The molecular weight excluding hydrogens is 368 g/mol. The van der Waals surface area contributed by atoms with E-state index in [2.05, 4.69) is 5.32 Å². The predicted octanol–water partition coefficient (Wildman–Crippen LogP) is 3.91. The molecule has 2 N–H and O–H groups in total. The van der Waals surface area contributed by atoms with Crippen LogP contribution in [0.15, 0.2) is 76.7 Å². The average molecular weight is 386 g/mol. The van der Waals surface area contributed by atoms with E-state index in [1.807, 2.05) is 36.4 Å². The number of benzene rings is 2. The van der Waals surface area contributed by atoms with E-state index >= 15 is 0 Å². The molecule has 1 heterocycles. The van der Waals surface area contributed by atoms with E-state index in [4.69, 9.17) is 9.52 Å². The fraction of sp³-hybridized carbons (Fsp3) is 0.0870. The standard InChI is InChI=1S/C23H18N2O4/c24-15-19(22(26)25-13-12-16-4-2-1-3-5-16)14-20-10-11-21(29-20)17-6-8-18(9-7-17)23(27)28/h1-11,14H,12-13H2,(H,25,26)(H,27,28)/b19-14+. The van der Waals surface area contributed by atoms with Gasteiger partial charge in [0.25, 0.3) is 5.91 Å². The van der Waals surface area contributed by atoms with E-state index in [0.29, 0.717) is 30.0 Å². The maximum atomic E-state index is 12.2. The zero-order chi connectivity index (χ0) is 20.6. The van der Waals surface area contributed by atoms with Crippen LogP contribution in [0.4, 0.5) is 0 Å². The highest BCUT2D eigenvalue weighted by molar-refractivity contribution is 6.01. The molecular formula is C23H18N2O4. The summed E-state index contributed by atoms with van der Waals surface area (Å²) in [5, 5.41) is 21.0. The lowest BCUT2D eigenvalue weighted by Crippen LogP contribution is -2.26. The lowest BCUT2D eigenvalue weighted by atomic mass is 10.1. The molecule has 0 saturated heterocycles. The van der Waals surface area contributed by atoms with Crippen LogP contribution < -0.4 is 5.32 Å². The van der Waals surface area contributed by atoms with Crippen molar-refractivity contribution in [2.75, 3.05) is 6.54 Å². The SMILES string of the molecule is N#C/C(=C\c1ccc(-c2ccc(C(=O)O)cc2)o1)C(=O)NCCc1ccccc1. The molecule has 0 spiro atoms. The second-order valence-corrected chi connectivity index (χ2v) is 6.25. The minimum Gasteiger partial charge on any atom is -0.478 e. The topological polar surface area (TPSA) is 103 Å². The molecule has 0 aliphatic carbocycles. The van der Waals surface area contributed by atoms with Gasteiger partial charge in [0.2, 0.25) is 0 Å². The van der Waals surface area contributed by atoms with Crippen LogP contribution in [0.2, 0.25) is 0 Å². The van der Waals surface area contributed by atoms with Gasteiger partial charge in [0.1, 0.15) is 23.2 Å².